The van der Waals surface area contributed by atoms with Gasteiger partial charge in [0.15, 0.2) is 0 Å². The van der Waals surface area contributed by atoms with E-state index in [2.05, 4.69) is 84.0 Å². The van der Waals surface area contributed by atoms with Crippen LogP contribution >= 0.6 is 61.3 Å². The first-order valence-corrected chi connectivity index (χ1v) is 41.7. The van der Waals surface area contributed by atoms with Crippen LogP contribution < -0.4 is 9.47 Å². The van der Waals surface area contributed by atoms with Gasteiger partial charge >= 0.3 is 0 Å². The molecule has 4 aromatic heterocycles. The Morgan fingerprint density at radius 2 is 0.518 bits per heavy atom. The second-order valence-electron chi connectivity index (χ2n) is 26.8. The highest BCUT2D eigenvalue weighted by Crippen LogP contribution is 2.56. The van der Waals surface area contributed by atoms with Crippen LogP contribution in [0.15, 0.2) is 44.2 Å². The van der Waals surface area contributed by atoms with Crippen molar-refractivity contribution in [1.29, 1.82) is 0 Å². The SMILES string of the molecule is CCCCCCCCCCCCCCCC1(CCCCCCCCCCCCCCC)Oc2ccsc2-c2sc(Br)cc21.CCCCCCCCCCCCCCCC1(CCCCCCCCCCCCCCC)Oc2ccsc2-c2sccc21. The van der Waals surface area contributed by atoms with Gasteiger partial charge in [0.25, 0.3) is 0 Å². The minimum absolute atomic E-state index is 0.0983. The summed E-state index contributed by atoms with van der Waals surface area (Å²) in [6, 6.07) is 9.24. The lowest BCUT2D eigenvalue weighted by Crippen LogP contribution is -2.35. The van der Waals surface area contributed by atoms with Gasteiger partial charge in [0.1, 0.15) is 22.7 Å². The van der Waals surface area contributed by atoms with Crippen LogP contribution in [-0.4, -0.2) is 0 Å². The molecule has 0 unspecified atom stereocenters. The van der Waals surface area contributed by atoms with E-state index < -0.39 is 0 Å². The second kappa shape index (κ2) is 48.6. The summed E-state index contributed by atoms with van der Waals surface area (Å²) >= 11 is 11.4. The van der Waals surface area contributed by atoms with Crippen LogP contribution in [-0.2, 0) is 11.2 Å². The lowest BCUT2D eigenvalue weighted by molar-refractivity contribution is 0.0395. The zero-order valence-electron chi connectivity index (χ0n) is 56.0. The maximum atomic E-state index is 7.01. The van der Waals surface area contributed by atoms with Crippen molar-refractivity contribution in [1.82, 2.24) is 0 Å². The van der Waals surface area contributed by atoms with Crippen LogP contribution in [0.25, 0.3) is 19.5 Å². The Kier molecular flexibility index (Phi) is 42.7. The number of hydrogen-bond acceptors (Lipinski definition) is 6. The lowest BCUT2D eigenvalue weighted by atomic mass is 9.81. The molecule has 0 spiro atoms. The van der Waals surface area contributed by atoms with E-state index in [1.807, 2.05) is 45.3 Å². The highest BCUT2D eigenvalue weighted by molar-refractivity contribution is 9.11. The van der Waals surface area contributed by atoms with Gasteiger partial charge in [-0.3, -0.25) is 0 Å². The summed E-state index contributed by atoms with van der Waals surface area (Å²) in [7, 11) is 0. The zero-order chi connectivity index (χ0) is 60.0. The predicted octanol–water partition coefficient (Wildman–Crippen LogP) is 30.8. The molecule has 7 heteroatoms. The van der Waals surface area contributed by atoms with Crippen LogP contribution in [0.5, 0.6) is 11.5 Å². The van der Waals surface area contributed by atoms with Crippen LogP contribution in [0.2, 0.25) is 0 Å². The minimum Gasteiger partial charge on any atom is -0.481 e. The molecule has 6 rings (SSSR count). The van der Waals surface area contributed by atoms with Crippen molar-refractivity contribution in [3.63, 3.8) is 0 Å². The molecule has 0 atom stereocenters. The fourth-order valence-corrected chi connectivity index (χ4v) is 18.7. The Bertz CT molecular complexity index is 2080. The lowest BCUT2D eigenvalue weighted by Gasteiger charge is -2.38. The van der Waals surface area contributed by atoms with Crippen molar-refractivity contribution in [3.8, 4) is 31.0 Å². The third kappa shape index (κ3) is 29.8. The first-order chi connectivity index (χ1) is 42.0. The predicted molar refractivity (Wildman–Crippen MR) is 389 cm³/mol. The average molecular weight is 1310 g/mol. The normalized spacial score (nSPS) is 13.7. The standard InChI is InChI=1S/C39H65BrOS2.C39H66OS2/c1-3-5-7-9-11-13-15-17-19-21-23-25-27-30-39(31-28-26-24-22-20-18-16-14-12-10-8-6-4-2)34-33-36(40)43-37(34)38-35(41-39)29-32-42-38;1-3-5-7-9-11-13-15-17-19-21-23-25-27-31-39(35-29-33-41-37(35)38-36(40-39)30-34-42-38)32-28-26-24-22-20-18-16-14-12-10-8-6-4-2/h29,32-33H,3-28,30-31H2,1-2H3;29-30,33-34H,3-28,31-32H2,1-2H3. The van der Waals surface area contributed by atoms with Gasteiger partial charge in [-0.15, -0.1) is 45.3 Å². The molecule has 0 radical (unpaired) electrons. The van der Waals surface area contributed by atoms with E-state index in [-0.39, 0.29) is 11.2 Å². The topological polar surface area (TPSA) is 18.5 Å². The average Bonchev–Trinajstić information content (AvgIpc) is 3.36. The fraction of sp³-hybridized carbons (Fsp3) is 0.795. The first kappa shape index (κ1) is 74.6. The Morgan fingerprint density at radius 1 is 0.282 bits per heavy atom. The zero-order valence-corrected chi connectivity index (χ0v) is 60.8. The highest BCUT2D eigenvalue weighted by atomic mass is 79.9. The summed E-state index contributed by atoms with van der Waals surface area (Å²) in [5, 5.41) is 6.75. The number of halogens is 1. The van der Waals surface area contributed by atoms with Crippen molar-refractivity contribution in [2.75, 3.05) is 0 Å². The van der Waals surface area contributed by atoms with Crippen molar-refractivity contribution >= 4 is 61.3 Å². The maximum absolute atomic E-state index is 7.01. The first-order valence-electron chi connectivity index (χ1n) is 37.4. The monoisotopic (exact) mass is 1310 g/mol. The van der Waals surface area contributed by atoms with E-state index in [1.54, 1.807) is 0 Å². The van der Waals surface area contributed by atoms with Crippen LogP contribution in [0, 0.1) is 0 Å². The van der Waals surface area contributed by atoms with Gasteiger partial charge < -0.3 is 9.47 Å². The molecule has 486 valence electrons. The van der Waals surface area contributed by atoms with E-state index in [0.29, 0.717) is 0 Å². The number of fused-ring (bicyclic) bond motifs is 6. The van der Waals surface area contributed by atoms with Gasteiger partial charge in [0.05, 0.1) is 23.3 Å². The quantitative estimate of drug-likeness (QED) is 0.0410. The van der Waals surface area contributed by atoms with Gasteiger partial charge in [0, 0.05) is 11.1 Å². The number of hydrogen-bond donors (Lipinski definition) is 0. The summed E-state index contributed by atoms with van der Waals surface area (Å²) in [6.45, 7) is 9.23. The summed E-state index contributed by atoms with van der Waals surface area (Å²) in [4.78, 5) is 5.67. The molecule has 2 nitrogen and oxygen atoms in total. The maximum Gasteiger partial charge on any atom is 0.140 e. The molecular weight excluding hydrogens is 1180 g/mol. The largest absolute Gasteiger partial charge is 0.481 e. The molecule has 2 aliphatic rings. The Hall–Kier alpha value is -1.12. The molecular formula is C78H131BrO2S4. The van der Waals surface area contributed by atoms with Crippen molar-refractivity contribution in [2.45, 2.75) is 398 Å². The number of rotatable bonds is 56. The van der Waals surface area contributed by atoms with Crippen molar-refractivity contribution < 1.29 is 9.47 Å². The highest BCUT2D eigenvalue weighted by Gasteiger charge is 2.43. The Labute approximate surface area is 551 Å². The van der Waals surface area contributed by atoms with Gasteiger partial charge in [-0.25, -0.2) is 0 Å². The van der Waals surface area contributed by atoms with Crippen LogP contribution in [0.4, 0.5) is 0 Å². The molecule has 85 heavy (non-hydrogen) atoms. The summed E-state index contributed by atoms with van der Waals surface area (Å²) < 4.78 is 15.2. The summed E-state index contributed by atoms with van der Waals surface area (Å²) in [5.41, 5.74) is 2.73. The molecule has 4 aromatic rings. The molecule has 0 fully saturated rings. The molecule has 2 aliphatic heterocycles. The molecule has 6 heterocycles. The van der Waals surface area contributed by atoms with Crippen molar-refractivity contribution in [3.05, 3.63) is 55.3 Å². The van der Waals surface area contributed by atoms with Crippen LogP contribution in [0.3, 0.4) is 0 Å². The molecule has 0 saturated carbocycles. The van der Waals surface area contributed by atoms with E-state index in [9.17, 15) is 0 Å². The van der Waals surface area contributed by atoms with Gasteiger partial charge in [-0.05, 0) is 108 Å². The van der Waals surface area contributed by atoms with Gasteiger partial charge in [-0.2, -0.15) is 0 Å². The number of ether oxygens (including phenoxy) is 2. The van der Waals surface area contributed by atoms with E-state index >= 15 is 0 Å². The van der Waals surface area contributed by atoms with Crippen molar-refractivity contribution in [2.24, 2.45) is 0 Å². The Morgan fingerprint density at radius 3 is 0.812 bits per heavy atom. The summed E-state index contributed by atoms with van der Waals surface area (Å²) in [6.07, 6.45) is 78.1. The third-order valence-electron chi connectivity index (χ3n) is 19.4. The third-order valence-corrected chi connectivity index (χ3v) is 24.0. The van der Waals surface area contributed by atoms with E-state index in [1.165, 1.54) is 381 Å². The van der Waals surface area contributed by atoms with E-state index in [0.717, 1.165) is 24.3 Å². The minimum atomic E-state index is -0.137. The molecule has 0 saturated heterocycles. The molecule has 0 amide bonds. The molecule has 0 N–H and O–H groups in total. The molecule has 0 bridgehead atoms. The number of thiophene rings is 4. The summed E-state index contributed by atoms with van der Waals surface area (Å²) in [5.74, 6) is 2.29. The number of unbranched alkanes of at least 4 members (excludes halogenated alkanes) is 48. The van der Waals surface area contributed by atoms with Crippen LogP contribution in [0.1, 0.15) is 398 Å². The second-order valence-corrected chi connectivity index (χ2v) is 32.0. The molecule has 0 aromatic carbocycles. The van der Waals surface area contributed by atoms with Gasteiger partial charge in [-0.1, -0.05) is 336 Å². The van der Waals surface area contributed by atoms with Gasteiger partial charge in [0.2, 0.25) is 0 Å². The smallest absolute Gasteiger partial charge is 0.140 e. The molecule has 0 aliphatic carbocycles. The fourth-order valence-electron chi connectivity index (χ4n) is 14.0. The van der Waals surface area contributed by atoms with E-state index in [4.69, 9.17) is 9.47 Å². The Balaban J connectivity index is 0.000000311.